The van der Waals surface area contributed by atoms with Crippen molar-refractivity contribution < 1.29 is 22.5 Å². The van der Waals surface area contributed by atoms with Gasteiger partial charge in [0.25, 0.3) is 0 Å². The maximum atomic E-state index is 0. The van der Waals surface area contributed by atoms with Crippen molar-refractivity contribution in [2.75, 3.05) is 0 Å². The van der Waals surface area contributed by atoms with Crippen LogP contribution in [0, 0.1) is 0 Å². The number of hydrogen-bond acceptors (Lipinski definition) is 0. The summed E-state index contributed by atoms with van der Waals surface area (Å²) in [5, 5.41) is 0. The molecule has 0 aliphatic carbocycles. The van der Waals surface area contributed by atoms with Crippen LogP contribution in [0.3, 0.4) is 0 Å². The standard InChI is InChI=1S/Al.Ca.Fe.Mg.H2O.7H/h;;;;1H2;;;;;;;. The zero-order valence-electron chi connectivity index (χ0n) is 0.854. The van der Waals surface area contributed by atoms with Crippen molar-refractivity contribution in [3.8, 4) is 0 Å². The van der Waals surface area contributed by atoms with Gasteiger partial charge in [0.2, 0.25) is 0 Å². The molecular formula is H9AlCaFeMgO. The van der Waals surface area contributed by atoms with Crippen molar-refractivity contribution in [2.45, 2.75) is 0 Å². The van der Waals surface area contributed by atoms with Gasteiger partial charge in [-0.2, -0.15) is 0 Å². The third kappa shape index (κ3) is 19.4. The molecule has 0 aliphatic heterocycles. The van der Waals surface area contributed by atoms with Gasteiger partial charge in [-0.25, -0.2) is 0 Å². The average molecular weight is 172 g/mol. The summed E-state index contributed by atoms with van der Waals surface area (Å²) in [7, 11) is 0. The number of hydrogen-bond donors (Lipinski definition) is 0. The molecule has 0 aromatic carbocycles. The van der Waals surface area contributed by atoms with Crippen LogP contribution in [0.15, 0.2) is 0 Å². The van der Waals surface area contributed by atoms with Crippen LogP contribution in [-0.2, 0) is 17.1 Å². The topological polar surface area (TPSA) is 31.5 Å². The second-order valence-corrected chi connectivity index (χ2v) is 0. The van der Waals surface area contributed by atoms with Gasteiger partial charge in [-0.1, -0.05) is 0 Å². The van der Waals surface area contributed by atoms with Gasteiger partial charge < -0.3 is 5.48 Å². The van der Waals surface area contributed by atoms with Crippen molar-refractivity contribution in [1.82, 2.24) is 0 Å². The molecule has 0 rings (SSSR count). The van der Waals surface area contributed by atoms with Crippen molar-refractivity contribution in [3.63, 3.8) is 0 Å². The molecule has 1 nitrogen and oxygen atoms in total. The van der Waals surface area contributed by atoms with E-state index in [1.165, 1.54) is 0 Å². The second-order valence-electron chi connectivity index (χ2n) is 0. The fourth-order valence-electron chi connectivity index (χ4n) is 0. The third-order valence-corrected chi connectivity index (χ3v) is 0. The molecule has 0 aromatic heterocycles. The third-order valence-electron chi connectivity index (χ3n) is 0. The maximum absolute atomic E-state index is 0. The molecule has 5 heavy (non-hydrogen) atoms. The van der Waals surface area contributed by atoms with E-state index in [2.05, 4.69) is 0 Å². The Morgan fingerprint density at radius 3 is 1.00 bits per heavy atom. The Labute approximate surface area is 98.7 Å². The molecule has 0 heterocycles. The summed E-state index contributed by atoms with van der Waals surface area (Å²) in [5.74, 6) is 0. The zero-order valence-corrected chi connectivity index (χ0v) is 1.96. The molecule has 0 atom stereocenters. The maximum Gasteiger partial charge on any atom is 0.316 e. The minimum absolute atomic E-state index is 0. The fraction of sp³-hybridized carbons (Fsp3) is 0. The average Bonchev–Trinajstić information content (AvgIpc) is 0. The second kappa shape index (κ2) is 27.8. The minimum atomic E-state index is 0. The minimum Gasteiger partial charge on any atom is 0 e. The van der Waals surface area contributed by atoms with E-state index < -0.39 is 0 Å². The summed E-state index contributed by atoms with van der Waals surface area (Å²) < 4.78 is 0. The summed E-state index contributed by atoms with van der Waals surface area (Å²) in [4.78, 5) is 0. The van der Waals surface area contributed by atoms with Gasteiger partial charge in [0.1, 0.15) is 0 Å². The van der Waals surface area contributed by atoms with E-state index in [-0.39, 0.29) is 101 Å². The Kier molecular flexibility index (Phi) is 240. The van der Waals surface area contributed by atoms with E-state index in [0.717, 1.165) is 0 Å². The largest absolute Gasteiger partial charge is 0.316 e. The molecule has 0 bridgehead atoms. The number of rotatable bonds is 0. The van der Waals surface area contributed by atoms with Crippen LogP contribution in [0.25, 0.3) is 0 Å². The van der Waals surface area contributed by atoms with E-state index in [0.29, 0.717) is 0 Å². The molecule has 2 N–H and O–H groups in total. The Morgan fingerprint density at radius 1 is 1.00 bits per heavy atom. The first-order valence-electron chi connectivity index (χ1n) is 0. The molecule has 0 saturated heterocycles. The predicted octanol–water partition coefficient (Wildman–Crippen LogP) is -3.84. The molecule has 0 saturated carbocycles. The monoisotopic (exact) mass is 172 g/mol. The van der Waals surface area contributed by atoms with Crippen molar-refractivity contribution in [1.29, 1.82) is 0 Å². The fourth-order valence-corrected chi connectivity index (χ4v) is 0. The van der Waals surface area contributed by atoms with Gasteiger partial charge >= 0.3 is 60.8 Å². The summed E-state index contributed by atoms with van der Waals surface area (Å²) >= 11 is 0. The van der Waals surface area contributed by atoms with Crippen LogP contribution < -0.4 is 0 Å². The zero-order chi connectivity index (χ0) is 0. The molecule has 0 spiro atoms. The Morgan fingerprint density at radius 2 is 1.00 bits per heavy atom. The predicted molar refractivity (Wildman–Crippen MR) is 30.6 cm³/mol. The normalized spacial score (nSPS) is 0. The summed E-state index contributed by atoms with van der Waals surface area (Å²) in [5.41, 5.74) is 0. The Balaban J connectivity index is 0. The van der Waals surface area contributed by atoms with Crippen LogP contribution >= 0.6 is 0 Å². The van der Waals surface area contributed by atoms with Gasteiger partial charge in [-0.05, 0) is 0 Å². The molecule has 0 aliphatic rings. The van der Waals surface area contributed by atoms with Crippen molar-refractivity contribution in [2.24, 2.45) is 0 Å². The van der Waals surface area contributed by atoms with E-state index in [9.17, 15) is 0 Å². The summed E-state index contributed by atoms with van der Waals surface area (Å²) in [6.07, 6.45) is 0. The van der Waals surface area contributed by atoms with Gasteiger partial charge in [-0.15, -0.1) is 0 Å². The molecule has 0 fully saturated rings. The Hall–Kier alpha value is 3.04. The molecule has 0 aromatic rings. The molecule has 30 valence electrons. The van der Waals surface area contributed by atoms with Gasteiger partial charge in [0, 0.05) is 17.1 Å². The quantitative estimate of drug-likeness (QED) is 0.335. The van der Waals surface area contributed by atoms with Gasteiger partial charge in [0.05, 0.1) is 0 Å². The molecule has 0 amide bonds. The van der Waals surface area contributed by atoms with Crippen molar-refractivity contribution >= 4 is 78.2 Å². The first-order chi connectivity index (χ1) is 0. The van der Waals surface area contributed by atoms with E-state index in [4.69, 9.17) is 0 Å². The summed E-state index contributed by atoms with van der Waals surface area (Å²) in [6.45, 7) is 0. The first kappa shape index (κ1) is 43.1. The SMILES string of the molecule is O.[AlH3].[CaH2].[Fe].[MgH2]. The Bertz CT molecular complexity index is 11.6. The van der Waals surface area contributed by atoms with Crippen LogP contribution in [0.1, 0.15) is 0 Å². The summed E-state index contributed by atoms with van der Waals surface area (Å²) in [6, 6.07) is 0. The van der Waals surface area contributed by atoms with E-state index >= 15 is 0 Å². The van der Waals surface area contributed by atoms with E-state index in [1.54, 1.807) is 0 Å². The van der Waals surface area contributed by atoms with Crippen LogP contribution in [0.5, 0.6) is 0 Å². The van der Waals surface area contributed by atoms with Gasteiger partial charge in [0.15, 0.2) is 17.4 Å². The van der Waals surface area contributed by atoms with Crippen LogP contribution in [0.4, 0.5) is 0 Å². The van der Waals surface area contributed by atoms with Crippen molar-refractivity contribution in [3.05, 3.63) is 0 Å². The smallest absolute Gasteiger partial charge is 0 e. The molecular weight excluding hydrogens is 163 g/mol. The first-order valence-corrected chi connectivity index (χ1v) is 0. The molecule has 0 radical (unpaired) electrons. The van der Waals surface area contributed by atoms with Crippen LogP contribution in [0.2, 0.25) is 0 Å². The molecule has 0 unspecified atom stereocenters. The molecule has 5 heteroatoms. The van der Waals surface area contributed by atoms with Crippen LogP contribution in [-0.4, -0.2) is 83.6 Å². The van der Waals surface area contributed by atoms with Gasteiger partial charge in [-0.3, -0.25) is 0 Å². The van der Waals surface area contributed by atoms with E-state index in [1.807, 2.05) is 0 Å².